The van der Waals surface area contributed by atoms with Crippen LogP contribution in [0.25, 0.3) is 0 Å². The van der Waals surface area contributed by atoms with E-state index in [0.717, 1.165) is 18.4 Å². The highest BCUT2D eigenvalue weighted by atomic mass is 16.7. The molecule has 2 aliphatic rings. The molecule has 2 N–H and O–H groups in total. The van der Waals surface area contributed by atoms with Crippen LogP contribution in [0.2, 0.25) is 0 Å². The Labute approximate surface area is 112 Å². The molecule has 0 atom stereocenters. The molecule has 0 radical (unpaired) electrons. The van der Waals surface area contributed by atoms with Gasteiger partial charge in [-0.3, -0.25) is 0 Å². The average Bonchev–Trinajstić information content (AvgIpc) is 2.67. The van der Waals surface area contributed by atoms with E-state index in [1.54, 1.807) is 5.01 Å². The molecule has 5 heteroatoms. The number of amidine groups is 1. The van der Waals surface area contributed by atoms with Gasteiger partial charge in [-0.05, 0) is 26.0 Å². The number of ether oxygens (including phenoxy) is 1. The fraction of sp³-hybridized carbons (Fsp3) is 0.500. The van der Waals surface area contributed by atoms with Crippen molar-refractivity contribution >= 4 is 5.84 Å². The quantitative estimate of drug-likeness (QED) is 0.781. The van der Waals surface area contributed by atoms with Crippen LogP contribution in [0.15, 0.2) is 23.4 Å². The highest BCUT2D eigenvalue weighted by molar-refractivity contribution is 5.99. The van der Waals surface area contributed by atoms with Gasteiger partial charge in [-0.25, -0.2) is 10.9 Å². The van der Waals surface area contributed by atoms with Crippen molar-refractivity contribution in [2.45, 2.75) is 32.4 Å². The Morgan fingerprint density at radius 2 is 1.79 bits per heavy atom. The number of nitrogens with zero attached hydrogens (tertiary/aromatic N) is 2. The molecule has 19 heavy (non-hydrogen) atoms. The summed E-state index contributed by atoms with van der Waals surface area (Å²) < 4.78 is 5.37. The number of hydrogen-bond acceptors (Lipinski definition) is 5. The molecule has 5 nitrogen and oxygen atoms in total. The van der Waals surface area contributed by atoms with E-state index in [2.05, 4.69) is 37.2 Å². The molecule has 1 aromatic carbocycles. The summed E-state index contributed by atoms with van der Waals surface area (Å²) in [6, 6.07) is 6.28. The highest BCUT2D eigenvalue weighted by Gasteiger charge is 2.46. The minimum atomic E-state index is -0.523. The van der Waals surface area contributed by atoms with Gasteiger partial charge in [0.05, 0.1) is 13.2 Å². The van der Waals surface area contributed by atoms with Crippen molar-refractivity contribution in [3.63, 3.8) is 0 Å². The van der Waals surface area contributed by atoms with Crippen molar-refractivity contribution in [2.24, 2.45) is 11.0 Å². The molecule has 2 aliphatic heterocycles. The van der Waals surface area contributed by atoms with E-state index in [1.807, 2.05) is 0 Å². The maximum atomic E-state index is 6.24. The largest absolute Gasteiger partial charge is 0.381 e. The lowest BCUT2D eigenvalue weighted by molar-refractivity contribution is -0.155. The van der Waals surface area contributed by atoms with Crippen molar-refractivity contribution in [1.29, 1.82) is 0 Å². The fourth-order valence-corrected chi connectivity index (χ4v) is 2.73. The Kier molecular flexibility index (Phi) is 2.95. The molecule has 1 spiro atoms. The first kappa shape index (κ1) is 12.4. The summed E-state index contributed by atoms with van der Waals surface area (Å²) in [6.45, 7) is 5.45. The number of benzene rings is 1. The van der Waals surface area contributed by atoms with Gasteiger partial charge in [0, 0.05) is 18.4 Å². The first-order valence-corrected chi connectivity index (χ1v) is 6.58. The van der Waals surface area contributed by atoms with E-state index in [4.69, 9.17) is 15.4 Å². The van der Waals surface area contributed by atoms with Crippen LogP contribution in [-0.2, 0) is 9.57 Å². The lowest BCUT2D eigenvalue weighted by atomic mass is 10.0. The third-order valence-corrected chi connectivity index (χ3v) is 3.72. The molecule has 0 aliphatic carbocycles. The summed E-state index contributed by atoms with van der Waals surface area (Å²) in [5.41, 5.74) is 2.87. The second-order valence-corrected chi connectivity index (χ2v) is 5.31. The number of rotatable bonds is 1. The Bertz CT molecular complexity index is 501. The second kappa shape index (κ2) is 4.51. The lowest BCUT2D eigenvalue weighted by Gasteiger charge is -2.36. The van der Waals surface area contributed by atoms with Crippen molar-refractivity contribution in [1.82, 2.24) is 5.01 Å². The van der Waals surface area contributed by atoms with Crippen LogP contribution >= 0.6 is 0 Å². The Balaban J connectivity index is 1.90. The second-order valence-electron chi connectivity index (χ2n) is 5.31. The van der Waals surface area contributed by atoms with Crippen LogP contribution in [0.3, 0.4) is 0 Å². The highest BCUT2D eigenvalue weighted by Crippen LogP contribution is 2.33. The first-order chi connectivity index (χ1) is 9.11. The Morgan fingerprint density at radius 1 is 1.16 bits per heavy atom. The molecule has 0 aromatic heterocycles. The summed E-state index contributed by atoms with van der Waals surface area (Å²) in [6.07, 6.45) is 1.47. The van der Waals surface area contributed by atoms with Crippen molar-refractivity contribution < 1.29 is 9.57 Å². The Morgan fingerprint density at radius 3 is 2.42 bits per heavy atom. The molecule has 0 saturated carbocycles. The van der Waals surface area contributed by atoms with Crippen LogP contribution in [0, 0.1) is 13.8 Å². The normalized spacial score (nSPS) is 21.4. The van der Waals surface area contributed by atoms with Crippen molar-refractivity contribution in [2.75, 3.05) is 13.2 Å². The standard InChI is InChI=1S/C14H19N3O2/c1-10-7-11(2)9-12(8-10)13-16-19-14(17(13)15)3-5-18-6-4-14/h7-9H,3-6,15H2,1-2H3. The van der Waals surface area contributed by atoms with Crippen LogP contribution in [0.5, 0.6) is 0 Å². The van der Waals surface area contributed by atoms with Gasteiger partial charge in [0.2, 0.25) is 5.72 Å². The van der Waals surface area contributed by atoms with Gasteiger partial charge in [-0.2, -0.15) is 0 Å². The topological polar surface area (TPSA) is 60.1 Å². The first-order valence-electron chi connectivity index (χ1n) is 6.58. The summed E-state index contributed by atoms with van der Waals surface area (Å²) in [5.74, 6) is 6.95. The third kappa shape index (κ3) is 2.09. The number of hydrazine groups is 1. The average molecular weight is 261 g/mol. The van der Waals surface area contributed by atoms with Crippen molar-refractivity contribution in [3.8, 4) is 0 Å². The number of aryl methyl sites for hydroxylation is 2. The Hall–Kier alpha value is -1.59. The zero-order valence-corrected chi connectivity index (χ0v) is 11.3. The van der Waals surface area contributed by atoms with E-state index in [0.29, 0.717) is 19.0 Å². The van der Waals surface area contributed by atoms with Gasteiger partial charge in [-0.1, -0.05) is 22.3 Å². The third-order valence-electron chi connectivity index (χ3n) is 3.72. The van der Waals surface area contributed by atoms with Crippen LogP contribution in [-0.4, -0.2) is 29.8 Å². The molecular formula is C14H19N3O2. The minimum absolute atomic E-state index is 0.523. The minimum Gasteiger partial charge on any atom is -0.381 e. The molecule has 0 amide bonds. The van der Waals surface area contributed by atoms with Gasteiger partial charge in [0.25, 0.3) is 0 Å². The number of oxime groups is 1. The predicted octanol–water partition coefficient (Wildman–Crippen LogP) is 1.68. The van der Waals surface area contributed by atoms with Gasteiger partial charge in [0.1, 0.15) is 0 Å². The monoisotopic (exact) mass is 261 g/mol. The van der Waals surface area contributed by atoms with Gasteiger partial charge < -0.3 is 9.57 Å². The lowest BCUT2D eigenvalue weighted by Crippen LogP contribution is -2.55. The molecule has 0 bridgehead atoms. The number of hydrogen-bond donors (Lipinski definition) is 1. The molecule has 102 valence electrons. The van der Waals surface area contributed by atoms with Crippen LogP contribution < -0.4 is 5.84 Å². The molecule has 1 saturated heterocycles. The summed E-state index contributed by atoms with van der Waals surface area (Å²) >= 11 is 0. The molecule has 2 heterocycles. The molecule has 1 fully saturated rings. The summed E-state index contributed by atoms with van der Waals surface area (Å²) in [5, 5.41) is 5.88. The van der Waals surface area contributed by atoms with Crippen molar-refractivity contribution in [3.05, 3.63) is 34.9 Å². The zero-order valence-electron chi connectivity index (χ0n) is 11.3. The zero-order chi connectivity index (χ0) is 13.5. The van der Waals surface area contributed by atoms with Crippen LogP contribution in [0.1, 0.15) is 29.5 Å². The summed E-state index contributed by atoms with van der Waals surface area (Å²) in [4.78, 5) is 5.65. The van der Waals surface area contributed by atoms with E-state index < -0.39 is 5.72 Å². The predicted molar refractivity (Wildman–Crippen MR) is 72.3 cm³/mol. The van der Waals surface area contributed by atoms with Gasteiger partial charge in [0.15, 0.2) is 5.84 Å². The van der Waals surface area contributed by atoms with Gasteiger partial charge in [-0.15, -0.1) is 0 Å². The fourth-order valence-electron chi connectivity index (χ4n) is 2.73. The van der Waals surface area contributed by atoms with E-state index in [-0.39, 0.29) is 0 Å². The number of nitrogens with two attached hydrogens (primary N) is 1. The van der Waals surface area contributed by atoms with E-state index >= 15 is 0 Å². The molecule has 3 rings (SSSR count). The van der Waals surface area contributed by atoms with Crippen LogP contribution in [0.4, 0.5) is 0 Å². The van der Waals surface area contributed by atoms with E-state index in [9.17, 15) is 0 Å². The van der Waals surface area contributed by atoms with Gasteiger partial charge >= 0.3 is 0 Å². The summed E-state index contributed by atoms with van der Waals surface area (Å²) in [7, 11) is 0. The molecule has 1 aromatic rings. The maximum Gasteiger partial charge on any atom is 0.228 e. The maximum absolute atomic E-state index is 6.24. The van der Waals surface area contributed by atoms with E-state index in [1.165, 1.54) is 11.1 Å². The molecular weight excluding hydrogens is 242 g/mol. The molecule has 0 unspecified atom stereocenters. The SMILES string of the molecule is Cc1cc(C)cc(C2=NOC3(CCOCC3)N2N)c1. The smallest absolute Gasteiger partial charge is 0.228 e.